The van der Waals surface area contributed by atoms with E-state index in [0.29, 0.717) is 6.61 Å². The van der Waals surface area contributed by atoms with Crippen LogP contribution in [0.4, 0.5) is 4.79 Å². The van der Waals surface area contributed by atoms with Gasteiger partial charge in [0.1, 0.15) is 6.61 Å². The molecule has 3 nitrogen and oxygen atoms in total. The van der Waals surface area contributed by atoms with Crippen LogP contribution in [0.3, 0.4) is 0 Å². The number of benzene rings is 4. The van der Waals surface area contributed by atoms with Crippen molar-refractivity contribution in [2.75, 3.05) is 6.61 Å². The summed E-state index contributed by atoms with van der Waals surface area (Å²) in [6, 6.07) is 32.6. The van der Waals surface area contributed by atoms with Crippen LogP contribution in [-0.4, -0.2) is 29.7 Å². The van der Waals surface area contributed by atoms with E-state index in [4.69, 9.17) is 4.74 Å². The molecule has 0 N–H and O–H groups in total. The molecule has 1 amide bonds. The molecule has 4 aromatic carbocycles. The van der Waals surface area contributed by atoms with Crippen molar-refractivity contribution in [3.63, 3.8) is 0 Å². The highest BCUT2D eigenvalue weighted by atomic mass is 16.6. The third-order valence-corrected chi connectivity index (χ3v) is 8.56. The topological polar surface area (TPSA) is 29.5 Å². The Morgan fingerprint density at radius 3 is 2.30 bits per heavy atom. The third-order valence-electron chi connectivity index (χ3n) is 8.56. The van der Waals surface area contributed by atoms with E-state index >= 15 is 0 Å². The molecular weight excluding hydrogens is 454 g/mol. The van der Waals surface area contributed by atoms with Crippen molar-refractivity contribution in [1.82, 2.24) is 4.90 Å². The fraction of sp³-hybridized carbons (Fsp3) is 0.265. The fourth-order valence-corrected chi connectivity index (χ4v) is 6.89. The zero-order chi connectivity index (χ0) is 24.8. The Morgan fingerprint density at radius 1 is 0.811 bits per heavy atom. The second-order valence-corrected chi connectivity index (χ2v) is 10.7. The second kappa shape index (κ2) is 9.23. The smallest absolute Gasteiger partial charge is 0.410 e. The number of amides is 1. The molecule has 0 aromatic heterocycles. The molecule has 1 fully saturated rings. The van der Waals surface area contributed by atoms with Crippen LogP contribution in [0.25, 0.3) is 21.9 Å². The van der Waals surface area contributed by atoms with Gasteiger partial charge in [0.05, 0.1) is 6.04 Å². The molecule has 2 aliphatic heterocycles. The number of carbonyl (C=O) groups excluding carboxylic acids is 1. The number of carbonyl (C=O) groups is 1. The van der Waals surface area contributed by atoms with Crippen molar-refractivity contribution in [3.05, 3.63) is 119 Å². The first kappa shape index (κ1) is 22.4. The van der Waals surface area contributed by atoms with Crippen LogP contribution in [0.2, 0.25) is 0 Å². The van der Waals surface area contributed by atoms with E-state index in [0.717, 1.165) is 25.7 Å². The number of rotatable bonds is 4. The summed E-state index contributed by atoms with van der Waals surface area (Å²) in [7, 11) is 0. The van der Waals surface area contributed by atoms with Crippen LogP contribution >= 0.6 is 0 Å². The first-order chi connectivity index (χ1) is 18.3. The zero-order valence-electron chi connectivity index (χ0n) is 21.0. The maximum atomic E-state index is 13.5. The summed E-state index contributed by atoms with van der Waals surface area (Å²) in [5, 5.41) is 2.62. The molecule has 0 saturated carbocycles. The molecule has 2 heterocycles. The van der Waals surface area contributed by atoms with Crippen LogP contribution in [0, 0.1) is 0 Å². The van der Waals surface area contributed by atoms with Crippen LogP contribution in [0.15, 0.2) is 103 Å². The van der Waals surface area contributed by atoms with Gasteiger partial charge in [0, 0.05) is 12.0 Å². The summed E-state index contributed by atoms with van der Waals surface area (Å²) >= 11 is 0. The number of hydrogen-bond acceptors (Lipinski definition) is 2. The lowest BCUT2D eigenvalue weighted by Crippen LogP contribution is -2.52. The monoisotopic (exact) mass is 485 g/mol. The van der Waals surface area contributed by atoms with E-state index in [2.05, 4.69) is 97.1 Å². The SMILES string of the molecule is O=C(OCC1c2ccccc2-c2ccccc21)N1C2C=C(Cc3cccc4ccccc34)CC1CCC2. The van der Waals surface area contributed by atoms with Gasteiger partial charge in [-0.25, -0.2) is 4.79 Å². The van der Waals surface area contributed by atoms with Crippen LogP contribution < -0.4 is 0 Å². The van der Waals surface area contributed by atoms with Crippen molar-refractivity contribution < 1.29 is 9.53 Å². The third kappa shape index (κ3) is 3.94. The lowest BCUT2D eigenvalue weighted by atomic mass is 9.83. The normalized spacial score (nSPS) is 20.3. The van der Waals surface area contributed by atoms with Crippen molar-refractivity contribution in [2.45, 2.75) is 50.1 Å². The molecule has 37 heavy (non-hydrogen) atoms. The van der Waals surface area contributed by atoms with Crippen molar-refractivity contribution in [2.24, 2.45) is 0 Å². The molecule has 1 saturated heterocycles. The summed E-state index contributed by atoms with van der Waals surface area (Å²) in [6.45, 7) is 0.384. The molecule has 4 aromatic rings. The van der Waals surface area contributed by atoms with Gasteiger partial charge >= 0.3 is 6.09 Å². The van der Waals surface area contributed by atoms with Gasteiger partial charge in [0.2, 0.25) is 0 Å². The molecule has 3 heteroatoms. The van der Waals surface area contributed by atoms with Crippen molar-refractivity contribution in [1.29, 1.82) is 0 Å². The Labute approximate surface area is 218 Å². The molecule has 2 atom stereocenters. The number of ether oxygens (including phenoxy) is 1. The summed E-state index contributed by atoms with van der Waals surface area (Å²) < 4.78 is 6.08. The minimum atomic E-state index is -0.156. The van der Waals surface area contributed by atoms with Crippen molar-refractivity contribution in [3.8, 4) is 11.1 Å². The van der Waals surface area contributed by atoms with Gasteiger partial charge in [0.25, 0.3) is 0 Å². The standard InChI is InChI=1S/C34H31NO2/c36-34(37-22-33-31-17-5-3-15-29(31)30-16-4-6-18-32(30)33)35-26-12-8-13-27(35)21-23(20-26)19-25-11-7-10-24-9-1-2-14-28(24)25/h1-7,9-11,14-18,20,26-27,33H,8,12-13,19,21-22H2. The Balaban J connectivity index is 1.10. The predicted octanol–water partition coefficient (Wildman–Crippen LogP) is 7.88. The molecule has 184 valence electrons. The minimum Gasteiger partial charge on any atom is -0.448 e. The molecule has 0 spiro atoms. The van der Waals surface area contributed by atoms with Gasteiger partial charge < -0.3 is 4.74 Å². The highest BCUT2D eigenvalue weighted by Gasteiger charge is 2.39. The predicted molar refractivity (Wildman–Crippen MR) is 149 cm³/mol. The molecular formula is C34H31NO2. The van der Waals surface area contributed by atoms with Crippen LogP contribution in [-0.2, 0) is 11.2 Å². The van der Waals surface area contributed by atoms with Gasteiger partial charge in [-0.2, -0.15) is 0 Å². The number of fused-ring (bicyclic) bond motifs is 6. The first-order valence-electron chi connectivity index (χ1n) is 13.6. The molecule has 0 radical (unpaired) electrons. The van der Waals surface area contributed by atoms with E-state index in [1.165, 1.54) is 50.6 Å². The lowest BCUT2D eigenvalue weighted by molar-refractivity contribution is 0.0509. The Hall–Kier alpha value is -3.85. The molecule has 7 rings (SSSR count). The summed E-state index contributed by atoms with van der Waals surface area (Å²) in [6.07, 6.45) is 7.32. The first-order valence-corrected chi connectivity index (χ1v) is 13.6. The highest BCUT2D eigenvalue weighted by Crippen LogP contribution is 2.45. The minimum absolute atomic E-state index is 0.0958. The highest BCUT2D eigenvalue weighted by molar-refractivity contribution is 5.86. The van der Waals surface area contributed by atoms with E-state index in [1.807, 2.05) is 4.90 Å². The Kier molecular flexibility index (Phi) is 5.57. The van der Waals surface area contributed by atoms with E-state index < -0.39 is 0 Å². The number of hydrogen-bond donors (Lipinski definition) is 0. The van der Waals surface area contributed by atoms with E-state index in [1.54, 1.807) is 0 Å². The lowest BCUT2D eigenvalue weighted by Gasteiger charge is -2.44. The maximum Gasteiger partial charge on any atom is 0.410 e. The number of nitrogens with zero attached hydrogens (tertiary/aromatic N) is 1. The van der Waals surface area contributed by atoms with Gasteiger partial charge in [-0.05, 0) is 70.7 Å². The average Bonchev–Trinajstić information content (AvgIpc) is 3.25. The Morgan fingerprint density at radius 2 is 1.51 bits per heavy atom. The maximum absolute atomic E-state index is 13.5. The second-order valence-electron chi connectivity index (χ2n) is 10.7. The molecule has 2 bridgehead atoms. The zero-order valence-corrected chi connectivity index (χ0v) is 21.0. The molecule has 2 unspecified atom stereocenters. The van der Waals surface area contributed by atoms with E-state index in [9.17, 15) is 4.79 Å². The van der Waals surface area contributed by atoms with E-state index in [-0.39, 0.29) is 24.1 Å². The summed E-state index contributed by atoms with van der Waals surface area (Å²) in [4.78, 5) is 15.6. The van der Waals surface area contributed by atoms with Gasteiger partial charge in [-0.3, -0.25) is 4.90 Å². The quantitative estimate of drug-likeness (QED) is 0.275. The average molecular weight is 486 g/mol. The van der Waals surface area contributed by atoms with Crippen molar-refractivity contribution >= 4 is 16.9 Å². The molecule has 1 aliphatic carbocycles. The fourth-order valence-electron chi connectivity index (χ4n) is 6.89. The van der Waals surface area contributed by atoms with Crippen LogP contribution in [0.1, 0.15) is 48.3 Å². The summed E-state index contributed by atoms with van der Waals surface area (Å²) in [5.41, 5.74) is 7.86. The van der Waals surface area contributed by atoms with Gasteiger partial charge in [0.15, 0.2) is 0 Å². The molecule has 3 aliphatic rings. The van der Waals surface area contributed by atoms with Gasteiger partial charge in [-0.15, -0.1) is 0 Å². The summed E-state index contributed by atoms with van der Waals surface area (Å²) in [5.74, 6) is 0.0958. The number of piperidine rings is 1. The van der Waals surface area contributed by atoms with Crippen LogP contribution in [0.5, 0.6) is 0 Å². The Bertz CT molecular complexity index is 1470. The largest absolute Gasteiger partial charge is 0.448 e. The van der Waals surface area contributed by atoms with Gasteiger partial charge in [-0.1, -0.05) is 103 Å².